The number of nitrogens with two attached hydrogens (primary N) is 1. The summed E-state index contributed by atoms with van der Waals surface area (Å²) in [6.45, 7) is 2.02. The molecule has 2 heteroatoms. The molecule has 2 N–H and O–H groups in total. The highest BCUT2D eigenvalue weighted by Gasteiger charge is 2.09. The molecule has 0 bridgehead atoms. The average molecular weight is 171 g/mol. The predicted octanol–water partition coefficient (Wildman–Crippen LogP) is 2.03. The van der Waals surface area contributed by atoms with Crippen LogP contribution >= 0.6 is 11.8 Å². The van der Waals surface area contributed by atoms with Gasteiger partial charge in [0.2, 0.25) is 0 Å². The van der Waals surface area contributed by atoms with Gasteiger partial charge in [-0.2, -0.15) is 11.8 Å². The SMILES string of the molecule is CC(N)/C=C/C1CCCSC1. The van der Waals surface area contributed by atoms with Crippen LogP contribution in [0.2, 0.25) is 0 Å². The molecule has 0 aromatic heterocycles. The van der Waals surface area contributed by atoms with Gasteiger partial charge >= 0.3 is 0 Å². The van der Waals surface area contributed by atoms with Gasteiger partial charge < -0.3 is 5.73 Å². The van der Waals surface area contributed by atoms with E-state index in [4.69, 9.17) is 5.73 Å². The van der Waals surface area contributed by atoms with Crippen LogP contribution < -0.4 is 5.73 Å². The van der Waals surface area contributed by atoms with Crippen LogP contribution in [0.3, 0.4) is 0 Å². The van der Waals surface area contributed by atoms with Gasteiger partial charge in [-0.05, 0) is 37.2 Å². The second-order valence-corrected chi connectivity index (χ2v) is 4.37. The lowest BCUT2D eigenvalue weighted by molar-refractivity contribution is 0.626. The molecule has 1 aliphatic rings. The van der Waals surface area contributed by atoms with Crippen LogP contribution in [0.1, 0.15) is 19.8 Å². The lowest BCUT2D eigenvalue weighted by Crippen LogP contribution is -2.13. The molecule has 0 aliphatic carbocycles. The Morgan fingerprint density at radius 1 is 1.64 bits per heavy atom. The van der Waals surface area contributed by atoms with Crippen LogP contribution in [0.15, 0.2) is 12.2 Å². The first-order valence-electron chi connectivity index (χ1n) is 4.30. The Labute approximate surface area is 73.4 Å². The molecular formula is C9H17NS. The minimum Gasteiger partial charge on any atom is -0.325 e. The van der Waals surface area contributed by atoms with E-state index in [2.05, 4.69) is 23.9 Å². The van der Waals surface area contributed by atoms with Gasteiger partial charge in [-0.1, -0.05) is 12.2 Å². The Morgan fingerprint density at radius 3 is 3.00 bits per heavy atom. The summed E-state index contributed by atoms with van der Waals surface area (Å²) in [7, 11) is 0. The van der Waals surface area contributed by atoms with Crippen LogP contribution in [0.25, 0.3) is 0 Å². The molecule has 0 spiro atoms. The molecule has 2 atom stereocenters. The maximum Gasteiger partial charge on any atom is 0.0194 e. The van der Waals surface area contributed by atoms with Gasteiger partial charge in [0, 0.05) is 6.04 Å². The molecule has 0 aromatic rings. The number of hydrogen-bond acceptors (Lipinski definition) is 2. The average Bonchev–Trinajstić information content (AvgIpc) is 2.03. The van der Waals surface area contributed by atoms with Gasteiger partial charge in [-0.15, -0.1) is 0 Å². The van der Waals surface area contributed by atoms with Crippen molar-refractivity contribution >= 4 is 11.8 Å². The highest BCUT2D eigenvalue weighted by Crippen LogP contribution is 2.23. The molecule has 0 radical (unpaired) electrons. The normalized spacial score (nSPS) is 29.1. The zero-order valence-electron chi connectivity index (χ0n) is 7.12. The maximum absolute atomic E-state index is 5.62. The molecule has 1 saturated heterocycles. The van der Waals surface area contributed by atoms with E-state index in [1.165, 1.54) is 24.3 Å². The fraction of sp³-hybridized carbons (Fsp3) is 0.778. The zero-order valence-corrected chi connectivity index (χ0v) is 7.94. The summed E-state index contributed by atoms with van der Waals surface area (Å²) >= 11 is 2.06. The number of hydrogen-bond donors (Lipinski definition) is 1. The van der Waals surface area contributed by atoms with Crippen molar-refractivity contribution in [2.24, 2.45) is 11.7 Å². The molecule has 11 heavy (non-hydrogen) atoms. The fourth-order valence-electron chi connectivity index (χ4n) is 1.25. The standard InChI is InChI=1S/C9H17NS/c1-8(10)4-5-9-3-2-6-11-7-9/h4-5,8-9H,2-3,6-7,10H2,1H3/b5-4+. The molecule has 1 aliphatic heterocycles. The molecule has 1 nitrogen and oxygen atoms in total. The predicted molar refractivity (Wildman–Crippen MR) is 52.8 cm³/mol. The van der Waals surface area contributed by atoms with Crippen molar-refractivity contribution in [2.75, 3.05) is 11.5 Å². The lowest BCUT2D eigenvalue weighted by Gasteiger charge is -2.17. The van der Waals surface area contributed by atoms with Gasteiger partial charge in [0.05, 0.1) is 0 Å². The van der Waals surface area contributed by atoms with Crippen LogP contribution in [0.5, 0.6) is 0 Å². The Morgan fingerprint density at radius 2 is 2.45 bits per heavy atom. The van der Waals surface area contributed by atoms with Crippen LogP contribution in [-0.4, -0.2) is 17.5 Å². The second-order valence-electron chi connectivity index (χ2n) is 3.22. The Kier molecular flexibility index (Phi) is 4.02. The summed E-state index contributed by atoms with van der Waals surface area (Å²) in [6.07, 6.45) is 7.14. The van der Waals surface area contributed by atoms with Crippen molar-refractivity contribution in [1.29, 1.82) is 0 Å². The third-order valence-corrected chi connectivity index (χ3v) is 3.12. The van der Waals surface area contributed by atoms with Gasteiger partial charge in [0.25, 0.3) is 0 Å². The molecule has 0 saturated carbocycles. The van der Waals surface area contributed by atoms with Crippen molar-refractivity contribution in [3.8, 4) is 0 Å². The topological polar surface area (TPSA) is 26.0 Å². The third-order valence-electron chi connectivity index (χ3n) is 1.88. The molecule has 2 unspecified atom stereocenters. The van der Waals surface area contributed by atoms with E-state index >= 15 is 0 Å². The van der Waals surface area contributed by atoms with Gasteiger partial charge in [0.15, 0.2) is 0 Å². The number of rotatable bonds is 2. The summed E-state index contributed by atoms with van der Waals surface area (Å²) in [5.41, 5.74) is 5.62. The summed E-state index contributed by atoms with van der Waals surface area (Å²) in [6, 6.07) is 0.224. The van der Waals surface area contributed by atoms with Gasteiger partial charge in [-0.3, -0.25) is 0 Å². The number of thioether (sulfide) groups is 1. The lowest BCUT2D eigenvalue weighted by atomic mass is 10.0. The first kappa shape index (κ1) is 9.14. The molecule has 0 aromatic carbocycles. The quantitative estimate of drug-likeness (QED) is 0.643. The first-order chi connectivity index (χ1) is 5.29. The number of allylic oxidation sites excluding steroid dienone is 1. The molecule has 64 valence electrons. The van der Waals surface area contributed by atoms with E-state index in [9.17, 15) is 0 Å². The third kappa shape index (κ3) is 3.82. The minimum absolute atomic E-state index is 0.224. The molecular weight excluding hydrogens is 154 g/mol. The highest BCUT2D eigenvalue weighted by atomic mass is 32.2. The van der Waals surface area contributed by atoms with E-state index < -0.39 is 0 Å². The van der Waals surface area contributed by atoms with Crippen molar-refractivity contribution in [2.45, 2.75) is 25.8 Å². The van der Waals surface area contributed by atoms with Crippen LogP contribution in [-0.2, 0) is 0 Å². The van der Waals surface area contributed by atoms with Crippen molar-refractivity contribution < 1.29 is 0 Å². The fourth-order valence-corrected chi connectivity index (χ4v) is 2.37. The molecule has 1 fully saturated rings. The monoisotopic (exact) mass is 171 g/mol. The summed E-state index contributed by atoms with van der Waals surface area (Å²) in [5, 5.41) is 0. The largest absolute Gasteiger partial charge is 0.325 e. The highest BCUT2D eigenvalue weighted by molar-refractivity contribution is 7.99. The zero-order chi connectivity index (χ0) is 8.10. The summed E-state index contributed by atoms with van der Waals surface area (Å²) in [5.74, 6) is 3.44. The molecule has 1 heterocycles. The van der Waals surface area contributed by atoms with E-state index in [0.29, 0.717) is 0 Å². The molecule has 0 amide bonds. The van der Waals surface area contributed by atoms with E-state index in [1.54, 1.807) is 0 Å². The second kappa shape index (κ2) is 4.83. The maximum atomic E-state index is 5.62. The summed E-state index contributed by atoms with van der Waals surface area (Å²) in [4.78, 5) is 0. The first-order valence-corrected chi connectivity index (χ1v) is 5.46. The van der Waals surface area contributed by atoms with E-state index in [0.717, 1.165) is 5.92 Å². The van der Waals surface area contributed by atoms with Gasteiger partial charge in [0.1, 0.15) is 0 Å². The minimum atomic E-state index is 0.224. The smallest absolute Gasteiger partial charge is 0.0194 e. The Balaban J connectivity index is 2.23. The molecule has 1 rings (SSSR count). The van der Waals surface area contributed by atoms with Crippen molar-refractivity contribution in [3.05, 3.63) is 12.2 Å². The van der Waals surface area contributed by atoms with Crippen LogP contribution in [0.4, 0.5) is 0 Å². The Hall–Kier alpha value is 0.0500. The van der Waals surface area contributed by atoms with E-state index in [-0.39, 0.29) is 6.04 Å². The van der Waals surface area contributed by atoms with Crippen molar-refractivity contribution in [3.63, 3.8) is 0 Å². The van der Waals surface area contributed by atoms with E-state index in [1.807, 2.05) is 6.92 Å². The van der Waals surface area contributed by atoms with Gasteiger partial charge in [-0.25, -0.2) is 0 Å². The van der Waals surface area contributed by atoms with Crippen molar-refractivity contribution in [1.82, 2.24) is 0 Å². The Bertz CT molecular complexity index is 126. The van der Waals surface area contributed by atoms with Crippen LogP contribution in [0, 0.1) is 5.92 Å². The summed E-state index contributed by atoms with van der Waals surface area (Å²) < 4.78 is 0.